The lowest BCUT2D eigenvalue weighted by Gasteiger charge is -2.42. The Balaban J connectivity index is 1.83. The first-order chi connectivity index (χ1) is 15.8. The third-order valence-corrected chi connectivity index (χ3v) is 7.11. The number of halogens is 2. The largest absolute Gasteiger partial charge is 0.496 e. The third kappa shape index (κ3) is 5.40. The van der Waals surface area contributed by atoms with Gasteiger partial charge in [-0.05, 0) is 65.5 Å². The van der Waals surface area contributed by atoms with Gasteiger partial charge < -0.3 is 24.2 Å². The van der Waals surface area contributed by atoms with Crippen LogP contribution in [-0.2, 0) is 14.3 Å². The Morgan fingerprint density at radius 3 is 2.53 bits per heavy atom. The van der Waals surface area contributed by atoms with Gasteiger partial charge in [-0.1, -0.05) is 23.2 Å². The quantitative estimate of drug-likeness (QED) is 0.636. The summed E-state index contributed by atoms with van der Waals surface area (Å²) in [6.07, 6.45) is 0.462. The summed E-state index contributed by atoms with van der Waals surface area (Å²) in [6, 6.07) is 2.14. The van der Waals surface area contributed by atoms with Crippen LogP contribution in [0.15, 0.2) is 12.1 Å². The van der Waals surface area contributed by atoms with Crippen molar-refractivity contribution >= 4 is 35.2 Å². The van der Waals surface area contributed by atoms with Crippen molar-refractivity contribution in [2.75, 3.05) is 26.9 Å². The SMILES string of the molecule is COc1ccc(Cl)c(Cl)c1C1CCN(C(=O)[C@H]2COC(C)(C)N2C(=O)OC(C)(C)C)C(CO)C1. The van der Waals surface area contributed by atoms with Crippen LogP contribution in [0.25, 0.3) is 0 Å². The highest BCUT2D eigenvalue weighted by Gasteiger charge is 2.51. The summed E-state index contributed by atoms with van der Waals surface area (Å²) in [6.45, 7) is 8.97. The van der Waals surface area contributed by atoms with Crippen LogP contribution < -0.4 is 4.74 Å². The number of hydrogen-bond donors (Lipinski definition) is 1. The number of amides is 2. The topological polar surface area (TPSA) is 88.5 Å². The van der Waals surface area contributed by atoms with E-state index in [0.29, 0.717) is 35.2 Å². The fourth-order valence-corrected chi connectivity index (χ4v) is 5.19. The van der Waals surface area contributed by atoms with Gasteiger partial charge in [-0.25, -0.2) is 4.79 Å². The average molecular weight is 517 g/mol. The first-order valence-electron chi connectivity index (χ1n) is 11.4. The summed E-state index contributed by atoms with van der Waals surface area (Å²) >= 11 is 12.8. The van der Waals surface area contributed by atoms with Gasteiger partial charge in [0.2, 0.25) is 5.91 Å². The van der Waals surface area contributed by atoms with Crippen LogP contribution in [0.5, 0.6) is 5.75 Å². The van der Waals surface area contributed by atoms with Crippen LogP contribution in [0.3, 0.4) is 0 Å². The lowest BCUT2D eigenvalue weighted by molar-refractivity contribution is -0.142. The Kier molecular flexibility index (Phi) is 7.97. The van der Waals surface area contributed by atoms with Crippen LogP contribution in [0.4, 0.5) is 4.79 Å². The van der Waals surface area contributed by atoms with Crippen LogP contribution in [0.2, 0.25) is 10.0 Å². The van der Waals surface area contributed by atoms with Crippen LogP contribution in [0.1, 0.15) is 58.9 Å². The molecule has 2 saturated heterocycles. The van der Waals surface area contributed by atoms with Crippen LogP contribution in [-0.4, -0.2) is 77.2 Å². The monoisotopic (exact) mass is 516 g/mol. The number of aliphatic hydroxyl groups excluding tert-OH is 1. The number of benzene rings is 1. The van der Waals surface area contributed by atoms with E-state index < -0.39 is 29.5 Å². The molecule has 190 valence electrons. The van der Waals surface area contributed by atoms with Crippen molar-refractivity contribution in [3.05, 3.63) is 27.7 Å². The molecule has 2 aliphatic rings. The number of likely N-dealkylation sites (tertiary alicyclic amines) is 1. The van der Waals surface area contributed by atoms with Gasteiger partial charge in [0, 0.05) is 12.1 Å². The molecule has 0 spiro atoms. The molecule has 0 aliphatic carbocycles. The molecule has 2 unspecified atom stereocenters. The van der Waals surface area contributed by atoms with Crippen molar-refractivity contribution in [1.82, 2.24) is 9.80 Å². The van der Waals surface area contributed by atoms with Gasteiger partial charge in [-0.3, -0.25) is 9.69 Å². The molecule has 0 bridgehead atoms. The Morgan fingerprint density at radius 1 is 1.26 bits per heavy atom. The van der Waals surface area contributed by atoms with Gasteiger partial charge in [0.25, 0.3) is 0 Å². The fraction of sp³-hybridized carbons (Fsp3) is 0.667. The Bertz CT molecular complexity index is 933. The van der Waals surface area contributed by atoms with E-state index in [1.165, 1.54) is 4.90 Å². The zero-order valence-electron chi connectivity index (χ0n) is 20.6. The molecule has 2 fully saturated rings. The Labute approximate surface area is 211 Å². The van der Waals surface area contributed by atoms with E-state index in [2.05, 4.69) is 0 Å². The first-order valence-corrected chi connectivity index (χ1v) is 12.2. The summed E-state index contributed by atoms with van der Waals surface area (Å²) < 4.78 is 16.8. The highest BCUT2D eigenvalue weighted by Crippen LogP contribution is 2.44. The lowest BCUT2D eigenvalue weighted by atomic mass is 9.84. The minimum absolute atomic E-state index is 0.0527. The van der Waals surface area contributed by atoms with E-state index in [9.17, 15) is 14.7 Å². The molecule has 2 aliphatic heterocycles. The van der Waals surface area contributed by atoms with Crippen molar-refractivity contribution in [1.29, 1.82) is 0 Å². The lowest BCUT2D eigenvalue weighted by Crippen LogP contribution is -2.58. The second-order valence-corrected chi connectivity index (χ2v) is 11.0. The summed E-state index contributed by atoms with van der Waals surface area (Å²) in [5.74, 6) is 0.288. The summed E-state index contributed by atoms with van der Waals surface area (Å²) in [5.41, 5.74) is -0.940. The normalized spacial score (nSPS) is 24.8. The van der Waals surface area contributed by atoms with Gasteiger partial charge in [-0.2, -0.15) is 0 Å². The van der Waals surface area contributed by atoms with Crippen molar-refractivity contribution in [3.8, 4) is 5.75 Å². The van der Waals surface area contributed by atoms with Crippen molar-refractivity contribution in [2.24, 2.45) is 0 Å². The predicted molar refractivity (Wildman–Crippen MR) is 129 cm³/mol. The molecule has 1 N–H and O–H groups in total. The van der Waals surface area contributed by atoms with Gasteiger partial charge in [-0.15, -0.1) is 0 Å². The molecule has 0 radical (unpaired) electrons. The first kappa shape index (κ1) is 26.9. The van der Waals surface area contributed by atoms with E-state index in [4.69, 9.17) is 37.4 Å². The smallest absolute Gasteiger partial charge is 0.413 e. The minimum Gasteiger partial charge on any atom is -0.496 e. The summed E-state index contributed by atoms with van der Waals surface area (Å²) in [7, 11) is 1.57. The molecule has 34 heavy (non-hydrogen) atoms. The number of hydrogen-bond acceptors (Lipinski definition) is 6. The molecular formula is C24H34Cl2N2O6. The zero-order chi connectivity index (χ0) is 25.4. The van der Waals surface area contributed by atoms with E-state index >= 15 is 0 Å². The van der Waals surface area contributed by atoms with Gasteiger partial charge in [0.15, 0.2) is 0 Å². The molecule has 0 aromatic heterocycles. The van der Waals surface area contributed by atoms with Gasteiger partial charge in [0.1, 0.15) is 23.1 Å². The van der Waals surface area contributed by atoms with Gasteiger partial charge in [0.05, 0.1) is 36.4 Å². The summed E-state index contributed by atoms with van der Waals surface area (Å²) in [4.78, 5) is 29.6. The molecule has 8 nitrogen and oxygen atoms in total. The predicted octanol–water partition coefficient (Wildman–Crippen LogP) is 4.44. The fourth-order valence-electron chi connectivity index (χ4n) is 4.72. The number of rotatable bonds is 4. The molecule has 1 aromatic carbocycles. The molecule has 3 rings (SSSR count). The number of nitrogens with zero attached hydrogens (tertiary/aromatic N) is 2. The van der Waals surface area contributed by atoms with Crippen LogP contribution >= 0.6 is 23.2 Å². The maximum atomic E-state index is 13.6. The Hall–Kier alpha value is -1.74. The van der Waals surface area contributed by atoms with Crippen molar-refractivity contribution in [3.63, 3.8) is 0 Å². The highest BCUT2D eigenvalue weighted by molar-refractivity contribution is 6.42. The standard InChI is InChI=1S/C24H34Cl2N2O6/c1-23(2,3)34-22(31)28-17(13-33-24(28,4)5)21(30)27-10-9-14(11-15(27)12-29)19-18(32-6)8-7-16(25)20(19)26/h7-8,14-15,17,29H,9-13H2,1-6H3/t14?,15?,17-/m1/s1. The van der Waals surface area contributed by atoms with E-state index in [0.717, 1.165) is 5.56 Å². The molecule has 0 saturated carbocycles. The van der Waals surface area contributed by atoms with E-state index in [1.807, 2.05) is 0 Å². The number of ether oxygens (including phenoxy) is 3. The number of piperidine rings is 1. The molecule has 2 amide bonds. The second-order valence-electron chi connectivity index (χ2n) is 10.2. The van der Waals surface area contributed by atoms with Gasteiger partial charge >= 0.3 is 6.09 Å². The van der Waals surface area contributed by atoms with Crippen molar-refractivity contribution in [2.45, 2.75) is 76.8 Å². The number of carbonyl (C=O) groups excluding carboxylic acids is 2. The molecule has 1 aromatic rings. The van der Waals surface area contributed by atoms with E-state index in [1.54, 1.807) is 58.8 Å². The van der Waals surface area contributed by atoms with E-state index in [-0.39, 0.29) is 25.0 Å². The summed E-state index contributed by atoms with van der Waals surface area (Å²) in [5, 5.41) is 11.0. The third-order valence-electron chi connectivity index (χ3n) is 6.29. The molecule has 3 atom stereocenters. The number of aliphatic hydroxyl groups is 1. The minimum atomic E-state index is -1.00. The maximum absolute atomic E-state index is 13.6. The molecule has 2 heterocycles. The van der Waals surface area contributed by atoms with Crippen LogP contribution in [0, 0.1) is 0 Å². The molecular weight excluding hydrogens is 483 g/mol. The zero-order valence-corrected chi connectivity index (χ0v) is 22.1. The number of methoxy groups -OCH3 is 1. The highest BCUT2D eigenvalue weighted by atomic mass is 35.5. The average Bonchev–Trinajstić information content (AvgIpc) is 3.08. The molecule has 10 heteroatoms. The second kappa shape index (κ2) is 10.1. The number of carbonyl (C=O) groups is 2. The maximum Gasteiger partial charge on any atom is 0.413 e. The van der Waals surface area contributed by atoms with Crippen molar-refractivity contribution < 1.29 is 28.9 Å². The Morgan fingerprint density at radius 2 is 1.94 bits per heavy atom.